The first-order valence-electron chi connectivity index (χ1n) is 11.1. The lowest BCUT2D eigenvalue weighted by Gasteiger charge is -2.18. The fourth-order valence-corrected chi connectivity index (χ4v) is 4.40. The maximum atomic E-state index is 6.15. The van der Waals surface area contributed by atoms with Gasteiger partial charge in [0.05, 0.1) is 44.9 Å². The highest BCUT2D eigenvalue weighted by Gasteiger charge is 2.30. The maximum absolute atomic E-state index is 6.15. The van der Waals surface area contributed by atoms with E-state index in [-0.39, 0.29) is 6.04 Å². The quantitative estimate of drug-likeness (QED) is 0.370. The molecule has 0 amide bonds. The van der Waals surface area contributed by atoms with Crippen molar-refractivity contribution in [1.29, 1.82) is 0 Å². The Bertz CT molecular complexity index is 1200. The summed E-state index contributed by atoms with van der Waals surface area (Å²) in [4.78, 5) is 9.27. The molecule has 0 fully saturated rings. The van der Waals surface area contributed by atoms with Crippen molar-refractivity contribution in [1.82, 2.24) is 14.5 Å². The molecular weight excluding hydrogens is 414 g/mol. The number of rotatable bonds is 8. The summed E-state index contributed by atoms with van der Waals surface area (Å²) in [6, 6.07) is 20.4. The minimum absolute atomic E-state index is 0.237. The molecule has 0 aliphatic carbocycles. The molecule has 3 heterocycles. The van der Waals surface area contributed by atoms with Gasteiger partial charge in [-0.25, -0.2) is 4.98 Å². The number of imidazole rings is 1. The van der Waals surface area contributed by atoms with Crippen LogP contribution in [0.2, 0.25) is 0 Å². The summed E-state index contributed by atoms with van der Waals surface area (Å²) < 4.78 is 19.1. The Balaban J connectivity index is 1.42. The number of benzene rings is 2. The van der Waals surface area contributed by atoms with E-state index in [2.05, 4.69) is 21.7 Å². The normalized spacial score (nSPS) is 14.8. The predicted octanol–water partition coefficient (Wildman–Crippen LogP) is 5.33. The third-order valence-electron chi connectivity index (χ3n) is 6.11. The smallest absolute Gasteiger partial charge is 0.118 e. The number of ether oxygens (including phenoxy) is 3. The van der Waals surface area contributed by atoms with Gasteiger partial charge in [-0.1, -0.05) is 12.1 Å². The summed E-state index contributed by atoms with van der Waals surface area (Å²) in [7, 11) is 3.36. The standard InChI is InChI=1S/C27H27N3O3/c1-31-23-8-3-19(4-9-23)17-33-18-22-7-12-25-29-26(20-5-10-24(32-2)11-6-20)27(30(22)25)21-13-15-28-16-14-21/h3-6,8-11,13-16,22H,7,12,17-18H2,1-2H3/t22-/m0/s1. The first-order valence-corrected chi connectivity index (χ1v) is 11.1. The van der Waals surface area contributed by atoms with Crippen LogP contribution in [0.1, 0.15) is 23.9 Å². The minimum atomic E-state index is 0.237. The number of methoxy groups -OCH3 is 2. The van der Waals surface area contributed by atoms with Gasteiger partial charge in [-0.15, -0.1) is 0 Å². The third kappa shape index (κ3) is 4.34. The first kappa shape index (κ1) is 21.2. The second-order valence-corrected chi connectivity index (χ2v) is 8.12. The van der Waals surface area contributed by atoms with Gasteiger partial charge < -0.3 is 18.8 Å². The van der Waals surface area contributed by atoms with Gasteiger partial charge in [-0.2, -0.15) is 0 Å². The molecule has 6 nitrogen and oxygen atoms in total. The zero-order chi connectivity index (χ0) is 22.6. The van der Waals surface area contributed by atoms with Gasteiger partial charge in [0.25, 0.3) is 0 Å². The van der Waals surface area contributed by atoms with E-state index >= 15 is 0 Å². The van der Waals surface area contributed by atoms with Gasteiger partial charge in [-0.3, -0.25) is 4.98 Å². The van der Waals surface area contributed by atoms with Crippen molar-refractivity contribution in [3.63, 3.8) is 0 Å². The molecule has 0 saturated heterocycles. The summed E-state index contributed by atoms with van der Waals surface area (Å²) >= 11 is 0. The van der Waals surface area contributed by atoms with Crippen LogP contribution >= 0.6 is 0 Å². The molecule has 5 rings (SSSR count). The Morgan fingerprint density at radius 3 is 2.18 bits per heavy atom. The second-order valence-electron chi connectivity index (χ2n) is 8.12. The number of nitrogens with zero attached hydrogens (tertiary/aromatic N) is 3. The van der Waals surface area contributed by atoms with Gasteiger partial charge in [-0.05, 0) is 60.5 Å². The third-order valence-corrected chi connectivity index (χ3v) is 6.11. The van der Waals surface area contributed by atoms with Crippen molar-refractivity contribution in [3.05, 3.63) is 84.4 Å². The Kier molecular flexibility index (Phi) is 6.09. The molecule has 33 heavy (non-hydrogen) atoms. The monoisotopic (exact) mass is 441 g/mol. The Morgan fingerprint density at radius 2 is 1.52 bits per heavy atom. The highest BCUT2D eigenvalue weighted by atomic mass is 16.5. The number of fused-ring (bicyclic) bond motifs is 1. The molecule has 1 aliphatic heterocycles. The molecule has 168 valence electrons. The van der Waals surface area contributed by atoms with E-state index in [4.69, 9.17) is 19.2 Å². The highest BCUT2D eigenvalue weighted by molar-refractivity contribution is 5.79. The van der Waals surface area contributed by atoms with Gasteiger partial charge in [0.2, 0.25) is 0 Å². The average molecular weight is 442 g/mol. The van der Waals surface area contributed by atoms with E-state index < -0.39 is 0 Å². The minimum Gasteiger partial charge on any atom is -0.497 e. The highest BCUT2D eigenvalue weighted by Crippen LogP contribution is 2.40. The fourth-order valence-electron chi connectivity index (χ4n) is 4.40. The van der Waals surface area contributed by atoms with Crippen LogP contribution in [0.3, 0.4) is 0 Å². The van der Waals surface area contributed by atoms with E-state index in [0.717, 1.165) is 58.2 Å². The largest absolute Gasteiger partial charge is 0.497 e. The topological polar surface area (TPSA) is 58.4 Å². The Hall–Kier alpha value is -3.64. The molecule has 1 atom stereocenters. The molecule has 0 spiro atoms. The van der Waals surface area contributed by atoms with E-state index in [1.165, 1.54) is 0 Å². The van der Waals surface area contributed by atoms with Crippen LogP contribution in [0.25, 0.3) is 22.5 Å². The van der Waals surface area contributed by atoms with Gasteiger partial charge in [0.15, 0.2) is 0 Å². The number of hydrogen-bond donors (Lipinski definition) is 0. The zero-order valence-electron chi connectivity index (χ0n) is 18.9. The van der Waals surface area contributed by atoms with Crippen LogP contribution in [-0.2, 0) is 17.8 Å². The summed E-state index contributed by atoms with van der Waals surface area (Å²) in [6.45, 7) is 1.20. The molecule has 0 N–H and O–H groups in total. The molecule has 2 aromatic heterocycles. The van der Waals surface area contributed by atoms with Crippen LogP contribution in [0, 0.1) is 0 Å². The van der Waals surface area contributed by atoms with Crippen LogP contribution in [0.4, 0.5) is 0 Å². The van der Waals surface area contributed by atoms with Gasteiger partial charge in [0.1, 0.15) is 17.3 Å². The molecule has 6 heteroatoms. The van der Waals surface area contributed by atoms with Crippen LogP contribution in [-0.4, -0.2) is 35.4 Å². The summed E-state index contributed by atoms with van der Waals surface area (Å²) in [6.07, 6.45) is 5.62. The first-order chi connectivity index (χ1) is 16.3. The summed E-state index contributed by atoms with van der Waals surface area (Å²) in [5.74, 6) is 2.79. The van der Waals surface area contributed by atoms with E-state index in [9.17, 15) is 0 Å². The van der Waals surface area contributed by atoms with E-state index in [1.54, 1.807) is 14.2 Å². The van der Waals surface area contributed by atoms with Crippen molar-refractivity contribution in [2.75, 3.05) is 20.8 Å². The summed E-state index contributed by atoms with van der Waals surface area (Å²) in [5.41, 5.74) is 5.42. The molecule has 0 saturated carbocycles. The molecule has 0 unspecified atom stereocenters. The lowest BCUT2D eigenvalue weighted by molar-refractivity contribution is 0.0925. The summed E-state index contributed by atoms with van der Waals surface area (Å²) in [5, 5.41) is 0. The number of hydrogen-bond acceptors (Lipinski definition) is 5. The zero-order valence-corrected chi connectivity index (χ0v) is 18.9. The van der Waals surface area contributed by atoms with Crippen molar-refractivity contribution in [2.45, 2.75) is 25.5 Å². The van der Waals surface area contributed by atoms with E-state index in [0.29, 0.717) is 13.2 Å². The molecule has 0 radical (unpaired) electrons. The van der Waals surface area contributed by atoms with Crippen molar-refractivity contribution < 1.29 is 14.2 Å². The van der Waals surface area contributed by atoms with Crippen LogP contribution in [0.5, 0.6) is 11.5 Å². The molecule has 2 aromatic carbocycles. The predicted molar refractivity (Wildman–Crippen MR) is 127 cm³/mol. The lowest BCUT2D eigenvalue weighted by atomic mass is 10.0. The van der Waals surface area contributed by atoms with Crippen molar-refractivity contribution >= 4 is 0 Å². The average Bonchev–Trinajstić information content (AvgIpc) is 3.45. The molecular formula is C27H27N3O3. The van der Waals surface area contributed by atoms with Crippen molar-refractivity contribution in [2.24, 2.45) is 0 Å². The van der Waals surface area contributed by atoms with Crippen LogP contribution in [0.15, 0.2) is 73.1 Å². The number of aryl methyl sites for hydroxylation is 1. The van der Waals surface area contributed by atoms with Crippen LogP contribution < -0.4 is 9.47 Å². The van der Waals surface area contributed by atoms with Gasteiger partial charge >= 0.3 is 0 Å². The Morgan fingerprint density at radius 1 is 0.848 bits per heavy atom. The molecule has 1 aliphatic rings. The second kappa shape index (κ2) is 9.46. The Labute approximate surface area is 193 Å². The fraction of sp³-hybridized carbons (Fsp3) is 0.259. The SMILES string of the molecule is COc1ccc(COC[C@@H]2CCc3nc(-c4ccc(OC)cc4)c(-c4ccncc4)n32)cc1. The number of pyridine rings is 1. The molecule has 4 aromatic rings. The van der Waals surface area contributed by atoms with E-state index in [1.807, 2.05) is 60.9 Å². The number of aromatic nitrogens is 3. The van der Waals surface area contributed by atoms with Gasteiger partial charge in [0, 0.05) is 29.9 Å². The lowest BCUT2D eigenvalue weighted by Crippen LogP contribution is -2.13. The van der Waals surface area contributed by atoms with Crippen molar-refractivity contribution in [3.8, 4) is 34.0 Å². The maximum Gasteiger partial charge on any atom is 0.118 e. The molecule has 0 bridgehead atoms.